The highest BCUT2D eigenvalue weighted by Gasteiger charge is 2.24. The molecule has 1 N–H and O–H groups in total. The molecule has 1 saturated carbocycles. The molecule has 1 aromatic rings. The predicted octanol–water partition coefficient (Wildman–Crippen LogP) is 1.84. The van der Waals surface area contributed by atoms with E-state index < -0.39 is 0 Å². The first-order valence-corrected chi connectivity index (χ1v) is 5.11. The number of carbonyl (C=O) groups is 1. The average molecular weight is 188 g/mol. The highest BCUT2D eigenvalue weighted by molar-refractivity contribution is 5.97. The molecule has 0 radical (unpaired) electrons. The van der Waals surface area contributed by atoms with Crippen LogP contribution in [0.5, 0.6) is 0 Å². The fourth-order valence-corrected chi connectivity index (χ4v) is 2.09. The van der Waals surface area contributed by atoms with Crippen molar-refractivity contribution in [2.75, 3.05) is 5.32 Å². The van der Waals surface area contributed by atoms with Gasteiger partial charge in [-0.2, -0.15) is 0 Å². The van der Waals surface area contributed by atoms with Crippen LogP contribution in [0, 0.1) is 0 Å². The first-order chi connectivity index (χ1) is 6.83. The second-order valence-electron chi connectivity index (χ2n) is 4.13. The van der Waals surface area contributed by atoms with Crippen LogP contribution in [0.4, 0.5) is 5.82 Å². The molecule has 14 heavy (non-hydrogen) atoms. The standard InChI is InChI=1S/C11H12N2O/c14-10-5-8-4-9(7-2-1-3-7)6-12-11(8)13-10/h4,6-7H,1-3,5H2,(H,12,13,14). The van der Waals surface area contributed by atoms with E-state index in [1.165, 1.54) is 24.8 Å². The van der Waals surface area contributed by atoms with Crippen LogP contribution in [-0.4, -0.2) is 10.9 Å². The number of carbonyl (C=O) groups excluding carboxylic acids is 1. The van der Waals surface area contributed by atoms with Crippen molar-refractivity contribution in [3.63, 3.8) is 0 Å². The number of amides is 1. The minimum absolute atomic E-state index is 0.0678. The molecule has 1 amide bonds. The third-order valence-corrected chi connectivity index (χ3v) is 3.17. The van der Waals surface area contributed by atoms with Gasteiger partial charge in [-0.3, -0.25) is 4.79 Å². The zero-order valence-corrected chi connectivity index (χ0v) is 7.92. The molecule has 3 heteroatoms. The summed E-state index contributed by atoms with van der Waals surface area (Å²) in [5, 5.41) is 2.75. The SMILES string of the molecule is O=C1Cc2cc(C3CCC3)cnc2N1. The van der Waals surface area contributed by atoms with E-state index >= 15 is 0 Å². The largest absolute Gasteiger partial charge is 0.310 e. The monoisotopic (exact) mass is 188 g/mol. The van der Waals surface area contributed by atoms with E-state index in [0.29, 0.717) is 12.3 Å². The van der Waals surface area contributed by atoms with Crippen molar-refractivity contribution in [1.29, 1.82) is 0 Å². The number of hydrogen-bond acceptors (Lipinski definition) is 2. The number of rotatable bonds is 1. The molecule has 1 aliphatic heterocycles. The lowest BCUT2D eigenvalue weighted by atomic mass is 9.80. The number of fused-ring (bicyclic) bond motifs is 1. The van der Waals surface area contributed by atoms with Crippen LogP contribution in [0.2, 0.25) is 0 Å². The van der Waals surface area contributed by atoms with Crippen molar-refractivity contribution in [2.24, 2.45) is 0 Å². The van der Waals surface area contributed by atoms with Gasteiger partial charge in [0.05, 0.1) is 6.42 Å². The molecular formula is C11H12N2O. The molecule has 2 aliphatic rings. The summed E-state index contributed by atoms with van der Waals surface area (Å²) in [4.78, 5) is 15.4. The zero-order chi connectivity index (χ0) is 9.54. The van der Waals surface area contributed by atoms with Gasteiger partial charge in [0.1, 0.15) is 5.82 Å². The van der Waals surface area contributed by atoms with Crippen LogP contribution in [-0.2, 0) is 11.2 Å². The van der Waals surface area contributed by atoms with Gasteiger partial charge in [0, 0.05) is 11.8 Å². The van der Waals surface area contributed by atoms with Crippen LogP contribution in [0.15, 0.2) is 12.3 Å². The zero-order valence-electron chi connectivity index (χ0n) is 7.92. The summed E-state index contributed by atoms with van der Waals surface area (Å²) >= 11 is 0. The van der Waals surface area contributed by atoms with E-state index in [2.05, 4.69) is 16.4 Å². The quantitative estimate of drug-likeness (QED) is 0.730. The van der Waals surface area contributed by atoms with Crippen LogP contribution < -0.4 is 5.32 Å². The Hall–Kier alpha value is -1.38. The Labute approximate surface area is 82.5 Å². The molecule has 0 saturated heterocycles. The number of hydrogen-bond donors (Lipinski definition) is 1. The Morgan fingerprint density at radius 1 is 1.43 bits per heavy atom. The van der Waals surface area contributed by atoms with Crippen molar-refractivity contribution in [3.8, 4) is 0 Å². The van der Waals surface area contributed by atoms with E-state index in [0.717, 1.165) is 11.4 Å². The number of anilines is 1. The van der Waals surface area contributed by atoms with Gasteiger partial charge in [-0.1, -0.05) is 6.42 Å². The van der Waals surface area contributed by atoms with Crippen LogP contribution >= 0.6 is 0 Å². The maximum atomic E-state index is 11.1. The molecule has 0 unspecified atom stereocenters. The van der Waals surface area contributed by atoms with E-state index in [1.807, 2.05) is 6.20 Å². The smallest absolute Gasteiger partial charge is 0.230 e. The van der Waals surface area contributed by atoms with Gasteiger partial charge >= 0.3 is 0 Å². The lowest BCUT2D eigenvalue weighted by molar-refractivity contribution is -0.115. The molecule has 0 bridgehead atoms. The fourth-order valence-electron chi connectivity index (χ4n) is 2.09. The highest BCUT2D eigenvalue weighted by atomic mass is 16.1. The van der Waals surface area contributed by atoms with Gasteiger partial charge in [0.25, 0.3) is 0 Å². The topological polar surface area (TPSA) is 42.0 Å². The maximum absolute atomic E-state index is 11.1. The van der Waals surface area contributed by atoms with Gasteiger partial charge < -0.3 is 5.32 Å². The van der Waals surface area contributed by atoms with Crippen molar-refractivity contribution >= 4 is 11.7 Å². The number of nitrogens with one attached hydrogen (secondary N) is 1. The lowest BCUT2D eigenvalue weighted by Gasteiger charge is -2.25. The highest BCUT2D eigenvalue weighted by Crippen LogP contribution is 2.37. The minimum Gasteiger partial charge on any atom is -0.310 e. The Morgan fingerprint density at radius 3 is 3.00 bits per heavy atom. The number of aromatic nitrogens is 1. The van der Waals surface area contributed by atoms with Gasteiger partial charge in [-0.15, -0.1) is 0 Å². The Kier molecular flexibility index (Phi) is 1.60. The summed E-state index contributed by atoms with van der Waals surface area (Å²) in [5.41, 5.74) is 2.38. The summed E-state index contributed by atoms with van der Waals surface area (Å²) < 4.78 is 0. The summed E-state index contributed by atoms with van der Waals surface area (Å²) in [6.07, 6.45) is 6.31. The molecule has 1 fully saturated rings. The minimum atomic E-state index is 0.0678. The molecule has 2 heterocycles. The molecule has 72 valence electrons. The Morgan fingerprint density at radius 2 is 2.29 bits per heavy atom. The summed E-state index contributed by atoms with van der Waals surface area (Å²) in [7, 11) is 0. The van der Waals surface area contributed by atoms with E-state index in [-0.39, 0.29) is 5.91 Å². The summed E-state index contributed by atoms with van der Waals surface area (Å²) in [6, 6.07) is 2.14. The fraction of sp³-hybridized carbons (Fsp3) is 0.455. The normalized spacial score (nSPS) is 20.1. The third kappa shape index (κ3) is 1.12. The predicted molar refractivity (Wildman–Crippen MR) is 53.2 cm³/mol. The van der Waals surface area contributed by atoms with Gasteiger partial charge in [-0.25, -0.2) is 4.98 Å². The lowest BCUT2D eigenvalue weighted by Crippen LogP contribution is -2.09. The van der Waals surface area contributed by atoms with Gasteiger partial charge in [0.15, 0.2) is 0 Å². The van der Waals surface area contributed by atoms with Gasteiger partial charge in [-0.05, 0) is 30.4 Å². The molecule has 1 aliphatic carbocycles. The van der Waals surface area contributed by atoms with E-state index in [9.17, 15) is 4.79 Å². The Bertz CT molecular complexity index is 396. The first kappa shape index (κ1) is 7.97. The molecule has 0 atom stereocenters. The van der Waals surface area contributed by atoms with Crippen LogP contribution in [0.25, 0.3) is 0 Å². The molecule has 0 spiro atoms. The van der Waals surface area contributed by atoms with Crippen LogP contribution in [0.3, 0.4) is 0 Å². The van der Waals surface area contributed by atoms with Crippen LogP contribution in [0.1, 0.15) is 36.3 Å². The Balaban J connectivity index is 1.95. The van der Waals surface area contributed by atoms with Gasteiger partial charge in [0.2, 0.25) is 5.91 Å². The molecule has 3 nitrogen and oxygen atoms in total. The van der Waals surface area contributed by atoms with Crippen molar-refractivity contribution in [2.45, 2.75) is 31.6 Å². The molecule has 1 aromatic heterocycles. The molecular weight excluding hydrogens is 176 g/mol. The maximum Gasteiger partial charge on any atom is 0.230 e. The summed E-state index contributed by atoms with van der Waals surface area (Å²) in [6.45, 7) is 0. The van der Waals surface area contributed by atoms with Crippen molar-refractivity contribution in [1.82, 2.24) is 4.98 Å². The van der Waals surface area contributed by atoms with Crippen molar-refractivity contribution in [3.05, 3.63) is 23.4 Å². The number of nitrogens with zero attached hydrogens (tertiary/aromatic N) is 1. The number of pyridine rings is 1. The van der Waals surface area contributed by atoms with E-state index in [1.54, 1.807) is 0 Å². The second kappa shape index (κ2) is 2.80. The first-order valence-electron chi connectivity index (χ1n) is 5.11. The average Bonchev–Trinajstić information content (AvgIpc) is 2.40. The van der Waals surface area contributed by atoms with Crippen molar-refractivity contribution < 1.29 is 4.79 Å². The molecule has 3 rings (SSSR count). The third-order valence-electron chi connectivity index (χ3n) is 3.17. The summed E-state index contributed by atoms with van der Waals surface area (Å²) in [5.74, 6) is 1.53. The molecule has 0 aromatic carbocycles. The second-order valence-corrected chi connectivity index (χ2v) is 4.13. The van der Waals surface area contributed by atoms with E-state index in [4.69, 9.17) is 0 Å².